The first kappa shape index (κ1) is 19.3. The van der Waals surface area contributed by atoms with Gasteiger partial charge in [0.1, 0.15) is 0 Å². The van der Waals surface area contributed by atoms with E-state index in [4.69, 9.17) is 27.9 Å². The molecule has 1 amide bonds. The number of carbonyl (C=O) groups excluding carboxylic acids is 1. The number of hydrogen-bond acceptors (Lipinski definition) is 4. The van der Waals surface area contributed by atoms with Crippen LogP contribution in [0.2, 0.25) is 10.0 Å². The average molecular weight is 405 g/mol. The highest BCUT2D eigenvalue weighted by Crippen LogP contribution is 2.36. The summed E-state index contributed by atoms with van der Waals surface area (Å²) in [4.78, 5) is 12.9. The summed E-state index contributed by atoms with van der Waals surface area (Å²) >= 11 is 12.2. The Hall–Kier alpha value is -2.50. The fraction of sp³-hybridized carbons (Fsp3) is 0.200. The highest BCUT2D eigenvalue weighted by molar-refractivity contribution is 6.34. The normalized spacial score (nSPS) is 15.4. The number of anilines is 1. The van der Waals surface area contributed by atoms with Crippen LogP contribution in [0.4, 0.5) is 5.69 Å². The van der Waals surface area contributed by atoms with Crippen molar-refractivity contribution in [3.8, 4) is 11.5 Å². The summed E-state index contributed by atoms with van der Waals surface area (Å²) in [7, 11) is 0. The zero-order chi connectivity index (χ0) is 19.7. The number of phenolic OH excluding ortho intramolecular Hbond substituents is 1. The summed E-state index contributed by atoms with van der Waals surface area (Å²) in [6, 6.07) is 8.54. The van der Waals surface area contributed by atoms with E-state index in [2.05, 4.69) is 5.10 Å². The quantitative estimate of drug-likeness (QED) is 0.711. The number of benzene rings is 2. The van der Waals surface area contributed by atoms with Crippen LogP contribution < -0.4 is 9.75 Å². The molecule has 1 aliphatic heterocycles. The zero-order valence-corrected chi connectivity index (χ0v) is 16.6. The standard InChI is InChI=1S/C20H18Cl2N2O3/c1-4-27-18-9-13(8-17(22)19(18)25)7-15-12(3)23-24(20(15)26)14-6-5-11(2)16(21)10-14/h5-10,25H,4H2,1-3H3/b15-7+. The van der Waals surface area contributed by atoms with E-state index in [1.807, 2.05) is 13.0 Å². The number of carbonyl (C=O) groups is 1. The van der Waals surface area contributed by atoms with Gasteiger partial charge < -0.3 is 9.84 Å². The van der Waals surface area contributed by atoms with E-state index < -0.39 is 0 Å². The van der Waals surface area contributed by atoms with Gasteiger partial charge in [-0.15, -0.1) is 0 Å². The smallest absolute Gasteiger partial charge is 0.280 e. The number of aromatic hydroxyl groups is 1. The molecular formula is C20H18Cl2N2O3. The van der Waals surface area contributed by atoms with Crippen LogP contribution in [0.3, 0.4) is 0 Å². The maximum atomic E-state index is 12.9. The van der Waals surface area contributed by atoms with Crippen LogP contribution in [0.15, 0.2) is 41.0 Å². The molecular weight excluding hydrogens is 387 g/mol. The predicted octanol–water partition coefficient (Wildman–Crippen LogP) is 5.21. The second kappa shape index (κ2) is 7.62. The summed E-state index contributed by atoms with van der Waals surface area (Å²) in [5, 5.41) is 16.3. The monoisotopic (exact) mass is 404 g/mol. The van der Waals surface area contributed by atoms with E-state index in [9.17, 15) is 9.90 Å². The third-order valence-electron chi connectivity index (χ3n) is 4.12. The molecule has 0 atom stereocenters. The van der Waals surface area contributed by atoms with Crippen LogP contribution in [0, 0.1) is 6.92 Å². The van der Waals surface area contributed by atoms with Gasteiger partial charge in [0.2, 0.25) is 0 Å². The molecule has 5 nitrogen and oxygen atoms in total. The lowest BCUT2D eigenvalue weighted by atomic mass is 10.1. The molecule has 0 bridgehead atoms. The molecule has 2 aromatic carbocycles. The second-order valence-corrected chi connectivity index (χ2v) is 6.89. The molecule has 140 valence electrons. The Morgan fingerprint density at radius 2 is 1.93 bits per heavy atom. The summed E-state index contributed by atoms with van der Waals surface area (Å²) in [5.41, 5.74) is 3.14. The molecule has 0 aromatic heterocycles. The molecule has 0 fully saturated rings. The van der Waals surface area contributed by atoms with Crippen molar-refractivity contribution >= 4 is 46.6 Å². The van der Waals surface area contributed by atoms with Gasteiger partial charge in [0.15, 0.2) is 11.5 Å². The highest BCUT2D eigenvalue weighted by Gasteiger charge is 2.29. The van der Waals surface area contributed by atoms with Crippen molar-refractivity contribution in [1.29, 1.82) is 0 Å². The maximum Gasteiger partial charge on any atom is 0.280 e. The first-order valence-corrected chi connectivity index (χ1v) is 9.10. The van der Waals surface area contributed by atoms with Crippen molar-refractivity contribution in [3.63, 3.8) is 0 Å². The van der Waals surface area contributed by atoms with E-state index in [-0.39, 0.29) is 22.4 Å². The zero-order valence-electron chi connectivity index (χ0n) is 15.1. The van der Waals surface area contributed by atoms with Crippen molar-refractivity contribution in [1.82, 2.24) is 0 Å². The van der Waals surface area contributed by atoms with Crippen molar-refractivity contribution < 1.29 is 14.6 Å². The lowest BCUT2D eigenvalue weighted by Crippen LogP contribution is -2.21. The Morgan fingerprint density at radius 1 is 1.19 bits per heavy atom. The molecule has 27 heavy (non-hydrogen) atoms. The minimum atomic E-state index is -0.269. The average Bonchev–Trinajstić information content (AvgIpc) is 2.90. The maximum absolute atomic E-state index is 12.9. The first-order chi connectivity index (χ1) is 12.8. The molecule has 1 heterocycles. The lowest BCUT2D eigenvalue weighted by Gasteiger charge is -2.13. The van der Waals surface area contributed by atoms with Crippen LogP contribution in [-0.4, -0.2) is 23.3 Å². The Kier molecular flexibility index (Phi) is 5.44. The van der Waals surface area contributed by atoms with Crippen LogP contribution in [0.5, 0.6) is 11.5 Å². The van der Waals surface area contributed by atoms with Gasteiger partial charge in [0, 0.05) is 5.02 Å². The molecule has 0 aliphatic carbocycles. The molecule has 0 radical (unpaired) electrons. The summed E-state index contributed by atoms with van der Waals surface area (Å²) in [5.74, 6) is -0.131. The SMILES string of the molecule is CCOc1cc(/C=C2/C(=O)N(c3ccc(C)c(Cl)c3)N=C2C)cc(Cl)c1O. The summed E-state index contributed by atoms with van der Waals surface area (Å²) < 4.78 is 5.39. The van der Waals surface area contributed by atoms with Gasteiger partial charge in [0.05, 0.1) is 28.6 Å². The topological polar surface area (TPSA) is 62.1 Å². The number of hydrogen-bond donors (Lipinski definition) is 1. The van der Waals surface area contributed by atoms with Gasteiger partial charge in [-0.1, -0.05) is 29.3 Å². The van der Waals surface area contributed by atoms with Crippen molar-refractivity contribution in [2.45, 2.75) is 20.8 Å². The van der Waals surface area contributed by atoms with Gasteiger partial charge in [-0.25, -0.2) is 0 Å². The molecule has 0 saturated carbocycles. The van der Waals surface area contributed by atoms with E-state index in [0.29, 0.717) is 34.2 Å². The van der Waals surface area contributed by atoms with Gasteiger partial charge >= 0.3 is 0 Å². The Bertz CT molecular complexity index is 983. The number of phenols is 1. The molecule has 0 spiro atoms. The third-order valence-corrected chi connectivity index (χ3v) is 4.82. The van der Waals surface area contributed by atoms with Gasteiger partial charge in [-0.05, 0) is 62.2 Å². The molecule has 7 heteroatoms. The Balaban J connectivity index is 1.97. The summed E-state index contributed by atoms with van der Waals surface area (Å²) in [6.07, 6.45) is 1.67. The van der Waals surface area contributed by atoms with E-state index >= 15 is 0 Å². The lowest BCUT2D eigenvalue weighted by molar-refractivity contribution is -0.114. The predicted molar refractivity (Wildman–Crippen MR) is 109 cm³/mol. The minimum absolute atomic E-state index is 0.125. The fourth-order valence-electron chi connectivity index (χ4n) is 2.68. The number of amides is 1. The van der Waals surface area contributed by atoms with Crippen LogP contribution in [0.1, 0.15) is 25.0 Å². The van der Waals surface area contributed by atoms with Crippen LogP contribution >= 0.6 is 23.2 Å². The molecule has 1 aliphatic rings. The molecule has 1 N–H and O–H groups in total. The van der Waals surface area contributed by atoms with Crippen LogP contribution in [0.25, 0.3) is 6.08 Å². The Morgan fingerprint density at radius 3 is 2.59 bits per heavy atom. The summed E-state index contributed by atoms with van der Waals surface area (Å²) in [6.45, 7) is 5.83. The van der Waals surface area contributed by atoms with E-state index in [1.165, 1.54) is 5.01 Å². The number of ether oxygens (including phenoxy) is 1. The molecule has 0 saturated heterocycles. The van der Waals surface area contributed by atoms with Crippen molar-refractivity contribution in [3.05, 3.63) is 57.1 Å². The van der Waals surface area contributed by atoms with Gasteiger partial charge in [-0.2, -0.15) is 10.1 Å². The molecule has 2 aromatic rings. The van der Waals surface area contributed by atoms with Gasteiger partial charge in [-0.3, -0.25) is 4.79 Å². The largest absolute Gasteiger partial charge is 0.503 e. The van der Waals surface area contributed by atoms with E-state index in [1.54, 1.807) is 44.2 Å². The molecule has 0 unspecified atom stereocenters. The fourth-order valence-corrected chi connectivity index (χ4v) is 3.08. The first-order valence-electron chi connectivity index (χ1n) is 8.35. The van der Waals surface area contributed by atoms with Crippen molar-refractivity contribution in [2.75, 3.05) is 11.6 Å². The van der Waals surface area contributed by atoms with Gasteiger partial charge in [0.25, 0.3) is 5.91 Å². The van der Waals surface area contributed by atoms with E-state index in [0.717, 1.165) is 5.56 Å². The van der Waals surface area contributed by atoms with Crippen LogP contribution in [-0.2, 0) is 4.79 Å². The van der Waals surface area contributed by atoms with Crippen molar-refractivity contribution in [2.24, 2.45) is 5.10 Å². The highest BCUT2D eigenvalue weighted by atomic mass is 35.5. The minimum Gasteiger partial charge on any atom is -0.503 e. The number of hydrazone groups is 1. The second-order valence-electron chi connectivity index (χ2n) is 6.08. The number of rotatable bonds is 4. The number of aryl methyl sites for hydroxylation is 1. The third kappa shape index (κ3) is 3.80. The Labute approximate surface area is 167 Å². The number of halogens is 2. The molecule has 3 rings (SSSR count). The number of nitrogens with zero attached hydrogens (tertiary/aromatic N) is 2.